The zero-order valence-corrected chi connectivity index (χ0v) is 8.39. The van der Waals surface area contributed by atoms with Crippen molar-refractivity contribution in [2.75, 3.05) is 0 Å². The summed E-state index contributed by atoms with van der Waals surface area (Å²) in [5, 5.41) is 19.4. The molecule has 0 bridgehead atoms. The first-order valence-corrected chi connectivity index (χ1v) is 4.47. The van der Waals surface area contributed by atoms with Crippen LogP contribution in [0, 0.1) is 10.1 Å². The van der Waals surface area contributed by atoms with Gasteiger partial charge in [-0.25, -0.2) is 4.79 Å². The average molecular weight is 242 g/mol. The van der Waals surface area contributed by atoms with Gasteiger partial charge in [-0.3, -0.25) is 10.1 Å². The predicted molar refractivity (Wildman–Crippen MR) is 54.8 cm³/mol. The van der Waals surface area contributed by atoms with Gasteiger partial charge in [-0.15, -0.1) is 0 Å². The van der Waals surface area contributed by atoms with E-state index in [1.54, 1.807) is 0 Å². The van der Waals surface area contributed by atoms with E-state index < -0.39 is 16.6 Å². The highest BCUT2D eigenvalue weighted by Crippen LogP contribution is 2.36. The Morgan fingerprint density at radius 3 is 2.75 bits per heavy atom. The fourth-order valence-electron chi connectivity index (χ4n) is 1.42. The summed E-state index contributed by atoms with van der Waals surface area (Å²) in [6.45, 7) is 0. The van der Waals surface area contributed by atoms with E-state index in [4.69, 9.17) is 21.1 Å². The number of fused-ring (bicyclic) bond motifs is 1. The lowest BCUT2D eigenvalue weighted by atomic mass is 10.1. The lowest BCUT2D eigenvalue weighted by Gasteiger charge is -1.97. The van der Waals surface area contributed by atoms with Crippen LogP contribution in [0.1, 0.15) is 10.4 Å². The molecular weight excluding hydrogens is 238 g/mol. The summed E-state index contributed by atoms with van der Waals surface area (Å²) in [7, 11) is 0. The first kappa shape index (κ1) is 10.4. The molecule has 0 atom stereocenters. The Morgan fingerprint density at radius 2 is 2.19 bits per heavy atom. The third-order valence-electron chi connectivity index (χ3n) is 2.08. The Hall–Kier alpha value is -2.08. The van der Waals surface area contributed by atoms with Gasteiger partial charge in [0.2, 0.25) is 0 Å². The van der Waals surface area contributed by atoms with Crippen molar-refractivity contribution in [3.05, 3.63) is 39.1 Å². The molecule has 0 aliphatic heterocycles. The number of benzene rings is 1. The molecule has 1 heterocycles. The van der Waals surface area contributed by atoms with Gasteiger partial charge in [0.1, 0.15) is 27.8 Å². The third-order valence-corrected chi connectivity index (χ3v) is 2.38. The topological polar surface area (TPSA) is 93.6 Å². The Balaban J connectivity index is 2.93. The number of nitro benzene ring substituents is 1. The van der Waals surface area contributed by atoms with Gasteiger partial charge in [0.15, 0.2) is 0 Å². The number of nitrogens with zero attached hydrogens (tertiary/aromatic N) is 1. The van der Waals surface area contributed by atoms with Gasteiger partial charge in [-0.05, 0) is 12.1 Å². The highest BCUT2D eigenvalue weighted by molar-refractivity contribution is 6.34. The Kier molecular flexibility index (Phi) is 2.28. The van der Waals surface area contributed by atoms with Gasteiger partial charge >= 0.3 is 5.97 Å². The molecule has 0 aliphatic rings. The number of hydrogen-bond donors (Lipinski definition) is 1. The maximum Gasteiger partial charge on any atom is 0.339 e. The van der Waals surface area contributed by atoms with Crippen LogP contribution in [-0.4, -0.2) is 16.0 Å². The lowest BCUT2D eigenvalue weighted by Crippen LogP contribution is -1.97. The van der Waals surface area contributed by atoms with E-state index in [0.717, 1.165) is 6.26 Å². The van der Waals surface area contributed by atoms with Crippen molar-refractivity contribution >= 4 is 34.2 Å². The molecule has 2 rings (SSSR count). The molecule has 0 saturated carbocycles. The fraction of sp³-hybridized carbons (Fsp3) is 0. The van der Waals surface area contributed by atoms with E-state index in [2.05, 4.69) is 0 Å². The molecule has 82 valence electrons. The zero-order chi connectivity index (χ0) is 11.9. The lowest BCUT2D eigenvalue weighted by molar-refractivity contribution is -0.382. The van der Waals surface area contributed by atoms with Gasteiger partial charge in [-0.2, -0.15) is 0 Å². The summed E-state index contributed by atoms with van der Waals surface area (Å²) >= 11 is 5.66. The van der Waals surface area contributed by atoms with Crippen molar-refractivity contribution in [1.82, 2.24) is 0 Å². The summed E-state index contributed by atoms with van der Waals surface area (Å²) in [6.07, 6.45) is 0.955. The Morgan fingerprint density at radius 1 is 1.50 bits per heavy atom. The minimum Gasteiger partial charge on any atom is -0.478 e. The number of halogens is 1. The summed E-state index contributed by atoms with van der Waals surface area (Å²) in [5.74, 6) is -1.30. The minimum absolute atomic E-state index is 0.0926. The maximum absolute atomic E-state index is 10.8. The molecule has 0 spiro atoms. The number of hydrogen-bond acceptors (Lipinski definition) is 4. The first-order valence-electron chi connectivity index (χ1n) is 4.09. The normalized spacial score (nSPS) is 10.6. The highest BCUT2D eigenvalue weighted by Gasteiger charge is 2.25. The SMILES string of the molecule is O=C(O)c1coc2ccc(Cl)c([N+](=O)[O-])c12. The molecule has 0 aliphatic carbocycles. The number of rotatable bonds is 2. The molecule has 2 aromatic rings. The number of carbonyl (C=O) groups is 1. The second kappa shape index (κ2) is 3.49. The van der Waals surface area contributed by atoms with Gasteiger partial charge in [0.05, 0.1) is 4.92 Å². The number of furan rings is 1. The smallest absolute Gasteiger partial charge is 0.339 e. The number of aromatic carboxylic acids is 1. The van der Waals surface area contributed by atoms with Crippen molar-refractivity contribution in [3.8, 4) is 0 Å². The molecular formula is C9H4ClNO5. The van der Waals surface area contributed by atoms with Crippen molar-refractivity contribution < 1.29 is 19.2 Å². The van der Waals surface area contributed by atoms with Crippen molar-refractivity contribution in [2.45, 2.75) is 0 Å². The van der Waals surface area contributed by atoms with Crippen molar-refractivity contribution in [3.63, 3.8) is 0 Å². The van der Waals surface area contributed by atoms with Gasteiger partial charge in [-0.1, -0.05) is 11.6 Å². The maximum atomic E-state index is 10.8. The first-order chi connectivity index (χ1) is 7.52. The summed E-state index contributed by atoms with van der Waals surface area (Å²) in [4.78, 5) is 20.9. The molecule has 0 amide bonds. The number of nitro groups is 1. The van der Waals surface area contributed by atoms with Crippen LogP contribution in [-0.2, 0) is 0 Å². The van der Waals surface area contributed by atoms with Gasteiger partial charge in [0.25, 0.3) is 5.69 Å². The second-order valence-corrected chi connectivity index (χ2v) is 3.39. The molecule has 0 radical (unpaired) electrons. The Labute approximate surface area is 93.2 Å². The van der Waals surface area contributed by atoms with Crippen LogP contribution in [0.15, 0.2) is 22.8 Å². The van der Waals surface area contributed by atoms with E-state index in [0.29, 0.717) is 0 Å². The predicted octanol–water partition coefficient (Wildman–Crippen LogP) is 2.69. The summed E-state index contributed by atoms with van der Waals surface area (Å²) < 4.78 is 4.91. The van der Waals surface area contributed by atoms with Crippen LogP contribution in [0.4, 0.5) is 5.69 Å². The Bertz CT molecular complexity index is 603. The summed E-state index contributed by atoms with van der Waals surface area (Å²) in [6, 6.07) is 2.67. The molecule has 1 N–H and O–H groups in total. The third kappa shape index (κ3) is 1.40. The van der Waals surface area contributed by atoms with E-state index in [-0.39, 0.29) is 21.6 Å². The van der Waals surface area contributed by atoms with Crippen LogP contribution in [0.5, 0.6) is 0 Å². The minimum atomic E-state index is -1.30. The monoisotopic (exact) mass is 241 g/mol. The number of carboxylic acid groups (broad SMARTS) is 1. The molecule has 16 heavy (non-hydrogen) atoms. The molecule has 7 heteroatoms. The van der Waals surface area contributed by atoms with Gasteiger partial charge in [0, 0.05) is 0 Å². The quantitative estimate of drug-likeness (QED) is 0.644. The second-order valence-electron chi connectivity index (χ2n) is 2.98. The molecule has 0 saturated heterocycles. The molecule has 1 aromatic heterocycles. The van der Waals surface area contributed by atoms with Crippen molar-refractivity contribution in [2.24, 2.45) is 0 Å². The zero-order valence-electron chi connectivity index (χ0n) is 7.64. The van der Waals surface area contributed by atoms with Crippen LogP contribution in [0.25, 0.3) is 11.0 Å². The van der Waals surface area contributed by atoms with Crippen LogP contribution in [0.3, 0.4) is 0 Å². The largest absolute Gasteiger partial charge is 0.478 e. The average Bonchev–Trinajstić information content (AvgIpc) is 2.60. The highest BCUT2D eigenvalue weighted by atomic mass is 35.5. The van der Waals surface area contributed by atoms with Crippen LogP contribution < -0.4 is 0 Å². The van der Waals surface area contributed by atoms with E-state index in [9.17, 15) is 14.9 Å². The van der Waals surface area contributed by atoms with Crippen molar-refractivity contribution in [1.29, 1.82) is 0 Å². The van der Waals surface area contributed by atoms with Gasteiger partial charge < -0.3 is 9.52 Å². The fourth-order valence-corrected chi connectivity index (χ4v) is 1.65. The molecule has 6 nitrogen and oxygen atoms in total. The molecule has 1 aromatic carbocycles. The van der Waals surface area contributed by atoms with Crippen LogP contribution in [0.2, 0.25) is 5.02 Å². The van der Waals surface area contributed by atoms with E-state index >= 15 is 0 Å². The van der Waals surface area contributed by atoms with E-state index in [1.807, 2.05) is 0 Å². The standard InChI is InChI=1S/C9H4ClNO5/c10-5-1-2-6-7(8(5)11(14)15)4(3-16-6)9(12)13/h1-3H,(H,12,13). The summed E-state index contributed by atoms with van der Waals surface area (Å²) in [5.41, 5.74) is -0.608. The molecule has 0 fully saturated rings. The molecule has 0 unspecified atom stereocenters. The van der Waals surface area contributed by atoms with Crippen LogP contribution >= 0.6 is 11.6 Å². The van der Waals surface area contributed by atoms with E-state index in [1.165, 1.54) is 12.1 Å². The number of carboxylic acids is 1.